The monoisotopic (exact) mass is 268 g/mol. The van der Waals surface area contributed by atoms with E-state index in [4.69, 9.17) is 4.74 Å². The van der Waals surface area contributed by atoms with Crippen molar-refractivity contribution in [1.29, 1.82) is 0 Å². The number of nitrogens with one attached hydrogen (secondary N) is 2. The van der Waals surface area contributed by atoms with E-state index in [2.05, 4.69) is 24.5 Å². The Hall–Kier alpha value is -0.610. The highest BCUT2D eigenvalue weighted by Gasteiger charge is 2.28. The first kappa shape index (κ1) is 14.8. The minimum Gasteiger partial charge on any atom is -0.378 e. The fourth-order valence-corrected chi connectivity index (χ4v) is 3.28. The number of hydrogen-bond acceptors (Lipinski definition) is 3. The van der Waals surface area contributed by atoms with Gasteiger partial charge in [-0.2, -0.15) is 0 Å². The predicted octanol–water partition coefficient (Wildman–Crippen LogP) is 1.70. The van der Waals surface area contributed by atoms with E-state index in [1.165, 1.54) is 12.8 Å². The van der Waals surface area contributed by atoms with Crippen molar-refractivity contribution in [3.63, 3.8) is 0 Å². The molecule has 4 atom stereocenters. The number of hydrogen-bond donors (Lipinski definition) is 2. The van der Waals surface area contributed by atoms with Gasteiger partial charge in [0.1, 0.15) is 0 Å². The smallest absolute Gasteiger partial charge is 0.221 e. The quantitative estimate of drug-likeness (QED) is 0.798. The summed E-state index contributed by atoms with van der Waals surface area (Å²) in [6, 6.07) is 0.357. The Labute approximate surface area is 116 Å². The molecular weight excluding hydrogens is 240 g/mol. The third kappa shape index (κ3) is 4.18. The zero-order valence-corrected chi connectivity index (χ0v) is 12.3. The molecule has 19 heavy (non-hydrogen) atoms. The van der Waals surface area contributed by atoms with E-state index in [0.717, 1.165) is 32.5 Å². The molecular formula is C15H28N2O2. The van der Waals surface area contributed by atoms with Gasteiger partial charge in [0.2, 0.25) is 5.91 Å². The van der Waals surface area contributed by atoms with Gasteiger partial charge in [-0.3, -0.25) is 4.79 Å². The van der Waals surface area contributed by atoms with Gasteiger partial charge in [0.05, 0.1) is 6.10 Å². The standard InChI is InChI=1S/C15H28N2O2/c1-3-14-12(6-8-19-14)10-17-15(18)9-13-11(2)5-4-7-16-13/h11-14,16H,3-10H2,1-2H3,(H,17,18). The second-order valence-electron chi connectivity index (χ2n) is 6.05. The highest BCUT2D eigenvalue weighted by Crippen LogP contribution is 2.22. The summed E-state index contributed by atoms with van der Waals surface area (Å²) in [4.78, 5) is 12.0. The van der Waals surface area contributed by atoms with Crippen molar-refractivity contribution in [2.75, 3.05) is 19.7 Å². The molecule has 4 nitrogen and oxygen atoms in total. The van der Waals surface area contributed by atoms with Crippen molar-refractivity contribution in [1.82, 2.24) is 10.6 Å². The van der Waals surface area contributed by atoms with Gasteiger partial charge in [0.25, 0.3) is 0 Å². The van der Waals surface area contributed by atoms with Gasteiger partial charge in [-0.15, -0.1) is 0 Å². The molecule has 0 saturated carbocycles. The van der Waals surface area contributed by atoms with Crippen molar-refractivity contribution in [3.8, 4) is 0 Å². The van der Waals surface area contributed by atoms with Crippen molar-refractivity contribution >= 4 is 5.91 Å². The number of amides is 1. The fraction of sp³-hybridized carbons (Fsp3) is 0.933. The summed E-state index contributed by atoms with van der Waals surface area (Å²) in [7, 11) is 0. The molecule has 2 heterocycles. The number of ether oxygens (including phenoxy) is 1. The molecule has 2 rings (SSSR count). The summed E-state index contributed by atoms with van der Waals surface area (Å²) in [6.07, 6.45) is 5.55. The van der Waals surface area contributed by atoms with Gasteiger partial charge in [-0.05, 0) is 38.1 Å². The van der Waals surface area contributed by atoms with Gasteiger partial charge in [-0.25, -0.2) is 0 Å². The Kier molecular flexibility index (Phi) is 5.64. The molecule has 2 saturated heterocycles. The Bertz CT molecular complexity index is 296. The van der Waals surface area contributed by atoms with Crippen molar-refractivity contribution in [2.24, 2.45) is 11.8 Å². The lowest BCUT2D eigenvalue weighted by molar-refractivity contribution is -0.122. The lowest BCUT2D eigenvalue weighted by Gasteiger charge is -2.29. The van der Waals surface area contributed by atoms with Crippen LogP contribution in [0, 0.1) is 11.8 Å². The predicted molar refractivity (Wildman–Crippen MR) is 76.0 cm³/mol. The average Bonchev–Trinajstić information content (AvgIpc) is 2.86. The van der Waals surface area contributed by atoms with E-state index in [9.17, 15) is 4.79 Å². The molecule has 2 fully saturated rings. The van der Waals surface area contributed by atoms with E-state index < -0.39 is 0 Å². The maximum atomic E-state index is 12.0. The zero-order valence-electron chi connectivity index (χ0n) is 12.3. The van der Waals surface area contributed by atoms with E-state index >= 15 is 0 Å². The largest absolute Gasteiger partial charge is 0.378 e. The minimum atomic E-state index is 0.188. The Morgan fingerprint density at radius 2 is 2.26 bits per heavy atom. The third-order valence-electron chi connectivity index (χ3n) is 4.65. The van der Waals surface area contributed by atoms with Crippen LogP contribution in [0.25, 0.3) is 0 Å². The van der Waals surface area contributed by atoms with Crippen LogP contribution in [-0.2, 0) is 9.53 Å². The van der Waals surface area contributed by atoms with Crippen LogP contribution in [0.5, 0.6) is 0 Å². The van der Waals surface area contributed by atoms with Crippen LogP contribution in [0.3, 0.4) is 0 Å². The molecule has 1 amide bonds. The molecule has 0 aromatic rings. The van der Waals surface area contributed by atoms with E-state index in [0.29, 0.717) is 30.4 Å². The zero-order chi connectivity index (χ0) is 13.7. The van der Waals surface area contributed by atoms with Crippen LogP contribution >= 0.6 is 0 Å². The molecule has 4 heteroatoms. The molecule has 0 aromatic carbocycles. The van der Waals surface area contributed by atoms with Crippen LogP contribution in [0.15, 0.2) is 0 Å². The van der Waals surface area contributed by atoms with Gasteiger partial charge in [-0.1, -0.05) is 13.8 Å². The Balaban J connectivity index is 1.69. The van der Waals surface area contributed by atoms with Crippen LogP contribution in [0.1, 0.15) is 46.0 Å². The van der Waals surface area contributed by atoms with Gasteiger partial charge >= 0.3 is 0 Å². The van der Waals surface area contributed by atoms with Crippen LogP contribution in [-0.4, -0.2) is 37.7 Å². The first-order valence-corrected chi connectivity index (χ1v) is 7.82. The Morgan fingerprint density at radius 1 is 1.42 bits per heavy atom. The Morgan fingerprint density at radius 3 is 3.00 bits per heavy atom. The highest BCUT2D eigenvalue weighted by molar-refractivity contribution is 5.76. The summed E-state index contributed by atoms with van der Waals surface area (Å²) in [5.41, 5.74) is 0. The molecule has 2 N–H and O–H groups in total. The molecule has 0 radical (unpaired) electrons. The summed E-state index contributed by atoms with van der Waals surface area (Å²) in [5.74, 6) is 1.30. The van der Waals surface area contributed by atoms with Crippen LogP contribution in [0.4, 0.5) is 0 Å². The topological polar surface area (TPSA) is 50.4 Å². The summed E-state index contributed by atoms with van der Waals surface area (Å²) < 4.78 is 5.65. The first-order chi connectivity index (χ1) is 9.20. The van der Waals surface area contributed by atoms with E-state index in [-0.39, 0.29) is 5.91 Å². The second-order valence-corrected chi connectivity index (χ2v) is 6.05. The van der Waals surface area contributed by atoms with Crippen molar-refractivity contribution in [2.45, 2.75) is 58.1 Å². The molecule has 110 valence electrons. The SMILES string of the molecule is CCC1OCCC1CNC(=O)CC1NCCCC1C. The summed E-state index contributed by atoms with van der Waals surface area (Å²) >= 11 is 0. The normalized spacial score (nSPS) is 35.3. The lowest BCUT2D eigenvalue weighted by Crippen LogP contribution is -2.44. The molecule has 0 spiro atoms. The van der Waals surface area contributed by atoms with Gasteiger partial charge in [0.15, 0.2) is 0 Å². The fourth-order valence-electron chi connectivity index (χ4n) is 3.28. The summed E-state index contributed by atoms with van der Waals surface area (Å²) in [5, 5.41) is 6.56. The van der Waals surface area contributed by atoms with Gasteiger partial charge in [0, 0.05) is 31.5 Å². The van der Waals surface area contributed by atoms with Crippen LogP contribution < -0.4 is 10.6 Å². The molecule has 0 aromatic heterocycles. The van der Waals surface area contributed by atoms with E-state index in [1.54, 1.807) is 0 Å². The maximum absolute atomic E-state index is 12.0. The second kappa shape index (κ2) is 7.25. The van der Waals surface area contributed by atoms with Crippen molar-refractivity contribution < 1.29 is 9.53 Å². The molecule has 0 bridgehead atoms. The average molecular weight is 268 g/mol. The highest BCUT2D eigenvalue weighted by atomic mass is 16.5. The maximum Gasteiger partial charge on any atom is 0.221 e. The van der Waals surface area contributed by atoms with Crippen LogP contribution in [0.2, 0.25) is 0 Å². The number of piperidine rings is 1. The third-order valence-corrected chi connectivity index (χ3v) is 4.65. The summed E-state index contributed by atoms with van der Waals surface area (Å²) in [6.45, 7) is 7.07. The number of rotatable bonds is 5. The minimum absolute atomic E-state index is 0.188. The lowest BCUT2D eigenvalue weighted by atomic mass is 9.90. The number of carbonyl (C=O) groups excluding carboxylic acids is 1. The molecule has 2 aliphatic heterocycles. The number of carbonyl (C=O) groups is 1. The van der Waals surface area contributed by atoms with Crippen molar-refractivity contribution in [3.05, 3.63) is 0 Å². The van der Waals surface area contributed by atoms with E-state index in [1.807, 2.05) is 0 Å². The molecule has 0 aliphatic carbocycles. The molecule has 2 aliphatic rings. The van der Waals surface area contributed by atoms with Gasteiger partial charge < -0.3 is 15.4 Å². The first-order valence-electron chi connectivity index (χ1n) is 7.82. The molecule has 4 unspecified atom stereocenters.